The van der Waals surface area contributed by atoms with Crippen LogP contribution in [0.25, 0.3) is 0 Å². The van der Waals surface area contributed by atoms with Crippen LogP contribution in [-0.4, -0.2) is 34.8 Å². The van der Waals surface area contributed by atoms with Gasteiger partial charge in [0.1, 0.15) is 5.82 Å². The predicted molar refractivity (Wildman–Crippen MR) is 103 cm³/mol. The van der Waals surface area contributed by atoms with Crippen molar-refractivity contribution in [1.29, 1.82) is 0 Å². The minimum atomic E-state index is 0.0718. The Labute approximate surface area is 156 Å². The van der Waals surface area contributed by atoms with Gasteiger partial charge in [0.05, 0.1) is 6.04 Å². The largest absolute Gasteiger partial charge is 0.381 e. The molecule has 2 N–H and O–H groups in total. The number of ether oxygens (including phenoxy) is 1. The van der Waals surface area contributed by atoms with Crippen molar-refractivity contribution in [2.75, 3.05) is 19.8 Å². The van der Waals surface area contributed by atoms with Crippen LogP contribution < -0.4 is 10.6 Å². The molecule has 2 aliphatic rings. The molecule has 5 heteroatoms. The molecule has 0 spiro atoms. The Morgan fingerprint density at radius 2 is 2.08 bits per heavy atom. The Kier molecular flexibility index (Phi) is 5.38. The van der Waals surface area contributed by atoms with E-state index >= 15 is 0 Å². The molecular weight excluding hydrogens is 324 g/mol. The first-order valence-electron chi connectivity index (χ1n) is 9.91. The average molecular weight is 354 g/mol. The number of fused-ring (bicyclic) bond motifs is 1. The maximum atomic E-state index is 5.66. The minimum absolute atomic E-state index is 0.0718. The Morgan fingerprint density at radius 3 is 2.88 bits per heavy atom. The molecular formula is C21H30N4O. The second-order valence-corrected chi connectivity index (χ2v) is 7.72. The Bertz CT molecular complexity index is 693. The molecule has 0 bridgehead atoms. The van der Waals surface area contributed by atoms with Gasteiger partial charge in [-0.2, -0.15) is 0 Å². The molecule has 5 nitrogen and oxygen atoms in total. The number of nitrogens with one attached hydrogen (secondary N) is 2. The first kappa shape index (κ1) is 17.7. The molecule has 4 rings (SSSR count). The third kappa shape index (κ3) is 3.85. The number of benzene rings is 1. The molecule has 26 heavy (non-hydrogen) atoms. The number of nitrogens with zero attached hydrogens (tertiary/aromatic N) is 2. The highest BCUT2D eigenvalue weighted by Crippen LogP contribution is 2.28. The summed E-state index contributed by atoms with van der Waals surface area (Å²) in [7, 11) is 0. The smallest absolute Gasteiger partial charge is 0.125 e. The van der Waals surface area contributed by atoms with Gasteiger partial charge in [-0.15, -0.1) is 0 Å². The quantitative estimate of drug-likeness (QED) is 0.836. The fourth-order valence-corrected chi connectivity index (χ4v) is 4.35. The van der Waals surface area contributed by atoms with Gasteiger partial charge in [-0.25, -0.2) is 4.98 Å². The van der Waals surface area contributed by atoms with Gasteiger partial charge in [-0.1, -0.05) is 30.3 Å². The molecule has 0 amide bonds. The van der Waals surface area contributed by atoms with Gasteiger partial charge >= 0.3 is 0 Å². The second kappa shape index (κ2) is 7.91. The van der Waals surface area contributed by atoms with E-state index in [0.717, 1.165) is 45.6 Å². The molecule has 140 valence electrons. The molecule has 1 saturated heterocycles. The summed E-state index contributed by atoms with van der Waals surface area (Å²) in [5, 5.41) is 7.77. The number of aryl methyl sites for hydroxylation is 1. The van der Waals surface area contributed by atoms with Crippen LogP contribution in [0.4, 0.5) is 0 Å². The molecule has 2 atom stereocenters. The van der Waals surface area contributed by atoms with Crippen LogP contribution in [-0.2, 0) is 11.3 Å². The fourth-order valence-electron chi connectivity index (χ4n) is 4.35. The van der Waals surface area contributed by atoms with Crippen LogP contribution in [0.2, 0.25) is 0 Å². The van der Waals surface area contributed by atoms with Crippen molar-refractivity contribution < 1.29 is 4.74 Å². The SMILES string of the molecule is CC(NC1(CNC2CCCn3ccnc32)CCOCC1)c1ccccc1. The van der Waals surface area contributed by atoms with E-state index in [4.69, 9.17) is 4.74 Å². The third-order valence-corrected chi connectivity index (χ3v) is 5.91. The number of hydrogen-bond donors (Lipinski definition) is 2. The lowest BCUT2D eigenvalue weighted by atomic mass is 9.87. The van der Waals surface area contributed by atoms with Crippen LogP contribution in [0, 0.1) is 0 Å². The van der Waals surface area contributed by atoms with Gasteiger partial charge in [-0.05, 0) is 38.2 Å². The van der Waals surface area contributed by atoms with E-state index in [1.807, 2.05) is 6.20 Å². The zero-order valence-electron chi connectivity index (χ0n) is 15.7. The fraction of sp³-hybridized carbons (Fsp3) is 0.571. The molecule has 1 fully saturated rings. The molecule has 2 aromatic rings. The lowest BCUT2D eigenvalue weighted by molar-refractivity contribution is 0.0321. The van der Waals surface area contributed by atoms with Gasteiger partial charge in [0.15, 0.2) is 0 Å². The van der Waals surface area contributed by atoms with E-state index < -0.39 is 0 Å². The highest BCUT2D eigenvalue weighted by molar-refractivity contribution is 5.19. The van der Waals surface area contributed by atoms with Crippen molar-refractivity contribution in [1.82, 2.24) is 20.2 Å². The number of rotatable bonds is 6. The van der Waals surface area contributed by atoms with Crippen LogP contribution in [0.3, 0.4) is 0 Å². The molecule has 0 aliphatic carbocycles. The molecule has 3 heterocycles. The van der Waals surface area contributed by atoms with Crippen LogP contribution in [0.5, 0.6) is 0 Å². The normalized spacial score (nSPS) is 23.3. The Hall–Kier alpha value is -1.69. The average Bonchev–Trinajstić information content (AvgIpc) is 3.17. The number of aromatic nitrogens is 2. The van der Waals surface area contributed by atoms with E-state index in [2.05, 4.69) is 63.6 Å². The standard InChI is InChI=1S/C21H30N4O/c1-17(18-6-3-2-4-7-18)24-21(9-14-26-15-10-21)16-23-19-8-5-12-25-13-11-22-20(19)25/h2-4,6-7,11,13,17,19,23-24H,5,8-10,12,14-16H2,1H3. The summed E-state index contributed by atoms with van der Waals surface area (Å²) in [6.07, 6.45) is 8.48. The molecule has 0 radical (unpaired) electrons. The van der Waals surface area contributed by atoms with E-state index in [1.54, 1.807) is 0 Å². The summed E-state index contributed by atoms with van der Waals surface area (Å²) in [4.78, 5) is 4.59. The zero-order chi connectivity index (χ0) is 17.8. The summed E-state index contributed by atoms with van der Waals surface area (Å²) in [6, 6.07) is 11.4. The van der Waals surface area contributed by atoms with Crippen LogP contribution in [0.1, 0.15) is 56.1 Å². The first-order chi connectivity index (χ1) is 12.8. The molecule has 2 aliphatic heterocycles. The van der Waals surface area contributed by atoms with Crippen molar-refractivity contribution in [2.45, 2.75) is 56.8 Å². The Balaban J connectivity index is 1.45. The second-order valence-electron chi connectivity index (χ2n) is 7.72. The van der Waals surface area contributed by atoms with E-state index in [9.17, 15) is 0 Å². The van der Waals surface area contributed by atoms with Crippen molar-refractivity contribution >= 4 is 0 Å². The Morgan fingerprint density at radius 1 is 1.27 bits per heavy atom. The summed E-state index contributed by atoms with van der Waals surface area (Å²) in [5.41, 5.74) is 1.41. The predicted octanol–water partition coefficient (Wildman–Crippen LogP) is 3.21. The minimum Gasteiger partial charge on any atom is -0.381 e. The van der Waals surface area contributed by atoms with Crippen molar-refractivity contribution in [2.24, 2.45) is 0 Å². The highest BCUT2D eigenvalue weighted by Gasteiger charge is 2.35. The van der Waals surface area contributed by atoms with Gasteiger partial charge in [0.25, 0.3) is 0 Å². The molecule has 1 aromatic carbocycles. The first-order valence-corrected chi connectivity index (χ1v) is 9.91. The maximum absolute atomic E-state index is 5.66. The van der Waals surface area contributed by atoms with E-state index in [-0.39, 0.29) is 5.54 Å². The summed E-state index contributed by atoms with van der Waals surface area (Å²) < 4.78 is 7.95. The number of imidazole rings is 1. The van der Waals surface area contributed by atoms with Gasteiger partial charge in [0.2, 0.25) is 0 Å². The third-order valence-electron chi connectivity index (χ3n) is 5.91. The lowest BCUT2D eigenvalue weighted by Gasteiger charge is -2.42. The molecule has 0 saturated carbocycles. The van der Waals surface area contributed by atoms with Crippen LogP contribution in [0.15, 0.2) is 42.7 Å². The summed E-state index contributed by atoms with van der Waals surface area (Å²) in [5.74, 6) is 1.19. The van der Waals surface area contributed by atoms with Crippen molar-refractivity contribution in [3.05, 3.63) is 54.1 Å². The molecule has 1 aromatic heterocycles. The highest BCUT2D eigenvalue weighted by atomic mass is 16.5. The van der Waals surface area contributed by atoms with Crippen molar-refractivity contribution in [3.8, 4) is 0 Å². The van der Waals surface area contributed by atoms with E-state index in [0.29, 0.717) is 12.1 Å². The topological polar surface area (TPSA) is 51.1 Å². The van der Waals surface area contributed by atoms with E-state index in [1.165, 1.54) is 17.8 Å². The van der Waals surface area contributed by atoms with Gasteiger partial charge in [-0.3, -0.25) is 0 Å². The summed E-state index contributed by atoms with van der Waals surface area (Å²) in [6.45, 7) is 5.96. The molecule has 2 unspecified atom stereocenters. The maximum Gasteiger partial charge on any atom is 0.125 e. The van der Waals surface area contributed by atoms with Gasteiger partial charge < -0.3 is 19.9 Å². The zero-order valence-corrected chi connectivity index (χ0v) is 15.7. The number of hydrogen-bond acceptors (Lipinski definition) is 4. The summed E-state index contributed by atoms with van der Waals surface area (Å²) >= 11 is 0. The van der Waals surface area contributed by atoms with Crippen molar-refractivity contribution in [3.63, 3.8) is 0 Å². The lowest BCUT2D eigenvalue weighted by Crippen LogP contribution is -2.57. The monoisotopic (exact) mass is 354 g/mol. The van der Waals surface area contributed by atoms with Gasteiger partial charge in [0, 0.05) is 50.3 Å². The van der Waals surface area contributed by atoms with Crippen LogP contribution >= 0.6 is 0 Å².